The SMILES string of the molecule is O=C1CCC(C(=O)Nc2nc(-c3cc(F)ccc3F)cs2)=NN1. The summed E-state index contributed by atoms with van der Waals surface area (Å²) in [6, 6.07) is 3.07. The van der Waals surface area contributed by atoms with Crippen molar-refractivity contribution in [2.24, 2.45) is 5.10 Å². The minimum atomic E-state index is -0.603. The molecule has 1 aromatic heterocycles. The second-order valence-electron chi connectivity index (χ2n) is 4.71. The Morgan fingerprint density at radius 3 is 2.87 bits per heavy atom. The molecule has 118 valence electrons. The summed E-state index contributed by atoms with van der Waals surface area (Å²) in [5.41, 5.74) is 2.64. The fourth-order valence-corrected chi connectivity index (χ4v) is 2.66. The molecule has 23 heavy (non-hydrogen) atoms. The molecule has 1 aliphatic heterocycles. The van der Waals surface area contributed by atoms with Crippen molar-refractivity contribution in [3.8, 4) is 11.3 Å². The number of halogens is 2. The Labute approximate surface area is 133 Å². The Morgan fingerprint density at radius 2 is 2.13 bits per heavy atom. The highest BCUT2D eigenvalue weighted by atomic mass is 32.1. The molecule has 0 spiro atoms. The van der Waals surface area contributed by atoms with Gasteiger partial charge in [-0.2, -0.15) is 5.10 Å². The highest BCUT2D eigenvalue weighted by Crippen LogP contribution is 2.27. The summed E-state index contributed by atoms with van der Waals surface area (Å²) in [5, 5.41) is 7.93. The maximum atomic E-state index is 13.7. The first kappa shape index (κ1) is 15.2. The third-order valence-electron chi connectivity index (χ3n) is 3.10. The molecule has 2 N–H and O–H groups in total. The maximum absolute atomic E-state index is 13.7. The second-order valence-corrected chi connectivity index (χ2v) is 5.57. The lowest BCUT2D eigenvalue weighted by atomic mass is 10.1. The number of anilines is 1. The number of thiazole rings is 1. The number of hydrazone groups is 1. The minimum Gasteiger partial charge on any atom is -0.297 e. The van der Waals surface area contributed by atoms with E-state index in [-0.39, 0.29) is 40.8 Å². The van der Waals surface area contributed by atoms with Gasteiger partial charge in [0.05, 0.1) is 5.69 Å². The van der Waals surface area contributed by atoms with Crippen LogP contribution in [0.5, 0.6) is 0 Å². The van der Waals surface area contributed by atoms with E-state index in [1.54, 1.807) is 0 Å². The van der Waals surface area contributed by atoms with Gasteiger partial charge in [-0.1, -0.05) is 0 Å². The average Bonchev–Trinajstić information content (AvgIpc) is 2.98. The number of aromatic nitrogens is 1. The fourth-order valence-electron chi connectivity index (χ4n) is 1.96. The van der Waals surface area contributed by atoms with Crippen molar-refractivity contribution >= 4 is 34.0 Å². The van der Waals surface area contributed by atoms with Crippen LogP contribution in [-0.4, -0.2) is 22.5 Å². The number of carbonyl (C=O) groups is 2. The molecule has 0 bridgehead atoms. The molecule has 0 unspecified atom stereocenters. The predicted octanol–water partition coefficient (Wildman–Crippen LogP) is 2.29. The zero-order valence-corrected chi connectivity index (χ0v) is 12.4. The van der Waals surface area contributed by atoms with Crippen LogP contribution in [-0.2, 0) is 9.59 Å². The lowest BCUT2D eigenvalue weighted by molar-refractivity contribution is -0.121. The lowest BCUT2D eigenvalue weighted by Crippen LogP contribution is -2.32. The highest BCUT2D eigenvalue weighted by Gasteiger charge is 2.19. The number of benzene rings is 1. The van der Waals surface area contributed by atoms with Crippen LogP contribution >= 0.6 is 11.3 Å². The van der Waals surface area contributed by atoms with Crippen molar-refractivity contribution in [2.75, 3.05) is 5.32 Å². The molecule has 3 rings (SSSR count). The van der Waals surface area contributed by atoms with Crippen LogP contribution in [0, 0.1) is 11.6 Å². The first-order valence-corrected chi connectivity index (χ1v) is 7.48. The molecule has 0 atom stereocenters. The Hall–Kier alpha value is -2.68. The van der Waals surface area contributed by atoms with Crippen LogP contribution in [0.15, 0.2) is 28.7 Å². The third kappa shape index (κ3) is 3.39. The van der Waals surface area contributed by atoms with E-state index in [1.165, 1.54) is 5.38 Å². The van der Waals surface area contributed by atoms with E-state index in [0.717, 1.165) is 29.5 Å². The van der Waals surface area contributed by atoms with Gasteiger partial charge >= 0.3 is 0 Å². The Morgan fingerprint density at radius 1 is 1.30 bits per heavy atom. The minimum absolute atomic E-state index is 0.0176. The number of hydrogen-bond acceptors (Lipinski definition) is 5. The molecule has 6 nitrogen and oxygen atoms in total. The fraction of sp³-hybridized carbons (Fsp3) is 0.143. The highest BCUT2D eigenvalue weighted by molar-refractivity contribution is 7.14. The largest absolute Gasteiger partial charge is 0.297 e. The Bertz CT molecular complexity index is 819. The van der Waals surface area contributed by atoms with Gasteiger partial charge in [0, 0.05) is 23.8 Å². The van der Waals surface area contributed by atoms with Gasteiger partial charge in [-0.05, 0) is 18.2 Å². The Kier molecular flexibility index (Phi) is 4.11. The zero-order chi connectivity index (χ0) is 16.4. The van der Waals surface area contributed by atoms with Crippen LogP contribution in [0.2, 0.25) is 0 Å². The molecule has 0 saturated carbocycles. The van der Waals surface area contributed by atoms with Crippen LogP contribution < -0.4 is 10.7 Å². The first-order valence-electron chi connectivity index (χ1n) is 6.60. The van der Waals surface area contributed by atoms with Gasteiger partial charge < -0.3 is 0 Å². The first-order chi connectivity index (χ1) is 11.0. The van der Waals surface area contributed by atoms with E-state index in [2.05, 4.69) is 20.8 Å². The van der Waals surface area contributed by atoms with E-state index in [1.807, 2.05) is 0 Å². The molecule has 1 aliphatic rings. The molecule has 0 radical (unpaired) electrons. The van der Waals surface area contributed by atoms with Crippen LogP contribution in [0.25, 0.3) is 11.3 Å². The number of nitrogens with one attached hydrogen (secondary N) is 2. The quantitative estimate of drug-likeness (QED) is 0.902. The molecule has 9 heteroatoms. The number of rotatable bonds is 3. The van der Waals surface area contributed by atoms with Crippen molar-refractivity contribution in [3.63, 3.8) is 0 Å². The standard InChI is InChI=1S/C14H10F2N4O2S/c15-7-1-2-9(16)8(5-7)11-6-23-14(17-11)18-13(22)10-3-4-12(21)20-19-10/h1-2,5-6H,3-4H2,(H,20,21)(H,17,18,22). The van der Waals surface area contributed by atoms with Gasteiger partial charge in [-0.3, -0.25) is 14.9 Å². The van der Waals surface area contributed by atoms with Gasteiger partial charge in [0.25, 0.3) is 5.91 Å². The van der Waals surface area contributed by atoms with E-state index >= 15 is 0 Å². The van der Waals surface area contributed by atoms with Crippen LogP contribution in [0.1, 0.15) is 12.8 Å². The number of nitrogens with zero attached hydrogens (tertiary/aromatic N) is 2. The third-order valence-corrected chi connectivity index (χ3v) is 3.85. The van der Waals surface area contributed by atoms with Gasteiger partial charge in [0.1, 0.15) is 17.3 Å². The van der Waals surface area contributed by atoms with Crippen molar-refractivity contribution in [1.82, 2.24) is 10.4 Å². The van der Waals surface area contributed by atoms with Crippen molar-refractivity contribution in [2.45, 2.75) is 12.8 Å². The second kappa shape index (κ2) is 6.21. The molecule has 0 aliphatic carbocycles. The monoisotopic (exact) mass is 336 g/mol. The van der Waals surface area contributed by atoms with Crippen LogP contribution in [0.4, 0.5) is 13.9 Å². The summed E-state index contributed by atoms with van der Waals surface area (Å²) in [6.45, 7) is 0. The molecule has 0 fully saturated rings. The maximum Gasteiger partial charge on any atom is 0.273 e. The molecule has 2 heterocycles. The number of carbonyl (C=O) groups excluding carboxylic acids is 2. The summed E-state index contributed by atoms with van der Waals surface area (Å²) in [4.78, 5) is 27.0. The predicted molar refractivity (Wildman–Crippen MR) is 80.9 cm³/mol. The summed E-state index contributed by atoms with van der Waals surface area (Å²) < 4.78 is 26.9. The van der Waals surface area contributed by atoms with Gasteiger partial charge in [-0.15, -0.1) is 11.3 Å². The van der Waals surface area contributed by atoms with Gasteiger partial charge in [0.2, 0.25) is 5.91 Å². The topological polar surface area (TPSA) is 83.5 Å². The summed E-state index contributed by atoms with van der Waals surface area (Å²) in [6.07, 6.45) is 0.415. The van der Waals surface area contributed by atoms with E-state index in [0.29, 0.717) is 0 Å². The van der Waals surface area contributed by atoms with Gasteiger partial charge in [0.15, 0.2) is 5.13 Å². The van der Waals surface area contributed by atoms with E-state index < -0.39 is 17.5 Å². The number of amides is 2. The molecular weight excluding hydrogens is 326 g/mol. The molecule has 2 amide bonds. The zero-order valence-electron chi connectivity index (χ0n) is 11.6. The van der Waals surface area contributed by atoms with E-state index in [9.17, 15) is 18.4 Å². The molecule has 1 aromatic carbocycles. The van der Waals surface area contributed by atoms with Crippen molar-refractivity contribution in [1.29, 1.82) is 0 Å². The summed E-state index contributed by atoms with van der Waals surface area (Å²) >= 11 is 1.08. The van der Waals surface area contributed by atoms with E-state index in [4.69, 9.17) is 0 Å². The molecular formula is C14H10F2N4O2S. The van der Waals surface area contributed by atoms with Crippen molar-refractivity contribution < 1.29 is 18.4 Å². The van der Waals surface area contributed by atoms with Crippen LogP contribution in [0.3, 0.4) is 0 Å². The lowest BCUT2D eigenvalue weighted by Gasteiger charge is -2.10. The smallest absolute Gasteiger partial charge is 0.273 e. The van der Waals surface area contributed by atoms with Gasteiger partial charge in [-0.25, -0.2) is 19.2 Å². The Balaban J connectivity index is 1.76. The molecule has 2 aromatic rings. The molecule has 0 saturated heterocycles. The summed E-state index contributed by atoms with van der Waals surface area (Å²) in [7, 11) is 0. The normalized spacial score (nSPS) is 14.2. The van der Waals surface area contributed by atoms with Crippen molar-refractivity contribution in [3.05, 3.63) is 35.2 Å². The number of hydrogen-bond donors (Lipinski definition) is 2. The summed E-state index contributed by atoms with van der Waals surface area (Å²) in [5.74, 6) is -1.92. The average molecular weight is 336 g/mol.